The van der Waals surface area contributed by atoms with Crippen molar-refractivity contribution in [3.05, 3.63) is 35.6 Å². The van der Waals surface area contributed by atoms with E-state index in [-0.39, 0.29) is 0 Å². The molecule has 1 aromatic rings. The van der Waals surface area contributed by atoms with E-state index >= 15 is 0 Å². The molecule has 1 aromatic carbocycles. The minimum Gasteiger partial charge on any atom is -0.206 e. The molecule has 0 N–H and O–H groups in total. The van der Waals surface area contributed by atoms with E-state index < -0.39 is 26.8 Å². The summed E-state index contributed by atoms with van der Waals surface area (Å²) in [7, 11) is -5.81. The molecule has 0 saturated carbocycles. The number of rotatable bonds is 3. The summed E-state index contributed by atoms with van der Waals surface area (Å²) in [5.74, 6) is -1.47. The van der Waals surface area contributed by atoms with Gasteiger partial charge in [0.2, 0.25) is 0 Å². The molecule has 0 aliphatic rings. The molecule has 0 aromatic heterocycles. The molecule has 3 nitrogen and oxygen atoms in total. The Morgan fingerprint density at radius 1 is 1.20 bits per heavy atom. The summed E-state index contributed by atoms with van der Waals surface area (Å²) in [5.41, 5.74) is -1.47. The molecule has 0 bridgehead atoms. The highest BCUT2D eigenvalue weighted by Gasteiger charge is 2.50. The van der Waals surface area contributed by atoms with Crippen molar-refractivity contribution >= 4 is 10.1 Å². The quantitative estimate of drug-likeness (QED) is 0.765. The largest absolute Gasteiger partial charge is 0.400 e. The van der Waals surface area contributed by atoms with Gasteiger partial charge in [0.15, 0.2) is 0 Å². The molecule has 0 aliphatic carbocycles. The first-order chi connectivity index (χ1) is 6.83. The first-order valence-electron chi connectivity index (χ1n) is 3.50. The van der Waals surface area contributed by atoms with Gasteiger partial charge in [0.1, 0.15) is 5.82 Å². The Morgan fingerprint density at radius 2 is 1.73 bits per heavy atom. The van der Waals surface area contributed by atoms with Gasteiger partial charge in [-0.15, -0.1) is 0 Å². The smallest absolute Gasteiger partial charge is 0.206 e. The lowest BCUT2D eigenvalue weighted by Crippen LogP contribution is -2.27. The lowest BCUT2D eigenvalue weighted by atomic mass is 10.2. The van der Waals surface area contributed by atoms with Crippen molar-refractivity contribution in [1.82, 2.24) is 0 Å². The second-order valence-corrected chi connectivity index (χ2v) is 4.06. The predicted molar refractivity (Wildman–Crippen MR) is 41.4 cm³/mol. The molecule has 0 spiro atoms. The summed E-state index contributed by atoms with van der Waals surface area (Å²) in [6.07, 6.45) is 0. The van der Waals surface area contributed by atoms with Crippen LogP contribution in [0.25, 0.3) is 0 Å². The number of hydrogen-bond donors (Lipinski definition) is 0. The van der Waals surface area contributed by atoms with Gasteiger partial charge in [0, 0.05) is 0 Å². The second kappa shape index (κ2) is 3.78. The summed E-state index contributed by atoms with van der Waals surface area (Å²) >= 11 is 0. The van der Waals surface area contributed by atoms with Crippen molar-refractivity contribution in [2.24, 2.45) is 0 Å². The normalized spacial score (nSPS) is 12.8. The molecular formula is C7H4F4O3S. The van der Waals surface area contributed by atoms with Crippen LogP contribution in [-0.4, -0.2) is 8.42 Å². The van der Waals surface area contributed by atoms with Crippen LogP contribution in [-0.2, 0) is 19.8 Å². The molecule has 0 atom stereocenters. The molecule has 8 heteroatoms. The van der Waals surface area contributed by atoms with E-state index in [1.165, 1.54) is 0 Å². The summed E-state index contributed by atoms with van der Waals surface area (Å²) in [6.45, 7) is 0. The van der Waals surface area contributed by atoms with Gasteiger partial charge in [0.05, 0.1) is 5.56 Å². The third-order valence-electron chi connectivity index (χ3n) is 1.58. The molecule has 84 valence electrons. The van der Waals surface area contributed by atoms with Crippen LogP contribution in [0.15, 0.2) is 24.3 Å². The van der Waals surface area contributed by atoms with Crippen LogP contribution in [0.5, 0.6) is 0 Å². The number of hydrogen-bond acceptors (Lipinski definition) is 3. The van der Waals surface area contributed by atoms with Gasteiger partial charge in [-0.2, -0.15) is 17.2 Å². The third kappa shape index (κ3) is 1.95. The SMILES string of the molecule is O=S(=O)(OF)C(F)(F)c1ccccc1F. The van der Waals surface area contributed by atoms with Crippen LogP contribution < -0.4 is 0 Å². The van der Waals surface area contributed by atoms with Crippen LogP contribution in [0.2, 0.25) is 0 Å². The fraction of sp³-hybridized carbons (Fsp3) is 0.143. The molecule has 0 radical (unpaired) electrons. The molecular weight excluding hydrogens is 240 g/mol. The van der Waals surface area contributed by atoms with Gasteiger partial charge < -0.3 is 0 Å². The van der Waals surface area contributed by atoms with Gasteiger partial charge in [-0.1, -0.05) is 16.5 Å². The maximum Gasteiger partial charge on any atom is 0.400 e. The average molecular weight is 244 g/mol. The number of alkyl halides is 2. The molecule has 0 aliphatic heterocycles. The van der Waals surface area contributed by atoms with E-state index in [0.717, 1.165) is 12.1 Å². The zero-order valence-corrected chi connectivity index (χ0v) is 7.77. The Hall–Kier alpha value is -1.15. The van der Waals surface area contributed by atoms with Crippen molar-refractivity contribution in [3.63, 3.8) is 0 Å². The highest BCUT2D eigenvalue weighted by Crippen LogP contribution is 2.36. The standard InChI is InChI=1S/C7H4F4O3S/c8-6-4-2-1-3-5(6)7(9,10)15(12,13)14-11/h1-4H. The maximum absolute atomic E-state index is 13.0. The van der Waals surface area contributed by atoms with E-state index in [2.05, 4.69) is 4.39 Å². The molecule has 0 saturated heterocycles. The molecule has 0 heterocycles. The van der Waals surface area contributed by atoms with Gasteiger partial charge >= 0.3 is 15.4 Å². The van der Waals surface area contributed by atoms with Crippen LogP contribution >= 0.6 is 0 Å². The second-order valence-electron chi connectivity index (χ2n) is 2.51. The van der Waals surface area contributed by atoms with E-state index in [1.807, 2.05) is 0 Å². The molecule has 0 amide bonds. The predicted octanol–water partition coefficient (Wildman–Crippen LogP) is 2.11. The number of benzene rings is 1. The summed E-state index contributed by atoms with van der Waals surface area (Å²) in [5, 5.41) is -4.77. The van der Waals surface area contributed by atoms with E-state index in [9.17, 15) is 26.1 Å². The first-order valence-corrected chi connectivity index (χ1v) is 4.91. The zero-order chi connectivity index (χ0) is 11.7. The van der Waals surface area contributed by atoms with Gasteiger partial charge in [-0.25, -0.2) is 4.39 Å². The Morgan fingerprint density at radius 3 is 2.20 bits per heavy atom. The topological polar surface area (TPSA) is 43.4 Å². The minimum atomic E-state index is -5.81. The summed E-state index contributed by atoms with van der Waals surface area (Å²) in [4.78, 5) is 0. The molecule has 15 heavy (non-hydrogen) atoms. The van der Waals surface area contributed by atoms with Crippen molar-refractivity contribution in [2.45, 2.75) is 5.25 Å². The molecule has 1 rings (SSSR count). The fourth-order valence-electron chi connectivity index (χ4n) is 0.871. The van der Waals surface area contributed by atoms with Gasteiger partial charge in [0.25, 0.3) is 0 Å². The van der Waals surface area contributed by atoms with Gasteiger partial charge in [-0.05, 0) is 16.7 Å². The lowest BCUT2D eigenvalue weighted by molar-refractivity contribution is -0.0297. The van der Waals surface area contributed by atoms with Crippen LogP contribution in [0.4, 0.5) is 17.7 Å². The van der Waals surface area contributed by atoms with E-state index in [4.69, 9.17) is 0 Å². The fourth-order valence-corrected chi connectivity index (χ4v) is 1.39. The molecule has 0 fully saturated rings. The van der Waals surface area contributed by atoms with E-state index in [0.29, 0.717) is 12.1 Å². The van der Waals surface area contributed by atoms with Crippen LogP contribution in [0, 0.1) is 5.82 Å². The summed E-state index contributed by atoms with van der Waals surface area (Å²) in [6, 6.07) is 3.21. The van der Waals surface area contributed by atoms with E-state index in [1.54, 1.807) is 0 Å². The Balaban J connectivity index is 3.36. The highest BCUT2D eigenvalue weighted by molar-refractivity contribution is 7.87. The average Bonchev–Trinajstić information content (AvgIpc) is 2.18. The molecule has 0 unspecified atom stereocenters. The number of halogens is 4. The highest BCUT2D eigenvalue weighted by atomic mass is 32.2. The Labute approximate surface area is 82.3 Å². The monoisotopic (exact) mass is 244 g/mol. The van der Waals surface area contributed by atoms with Crippen molar-refractivity contribution < 1.29 is 30.5 Å². The van der Waals surface area contributed by atoms with Crippen LogP contribution in [0.1, 0.15) is 5.56 Å². The first kappa shape index (κ1) is 11.9. The van der Waals surface area contributed by atoms with Crippen molar-refractivity contribution in [3.8, 4) is 0 Å². The zero-order valence-electron chi connectivity index (χ0n) is 6.95. The van der Waals surface area contributed by atoms with Crippen molar-refractivity contribution in [1.29, 1.82) is 0 Å². The Kier molecular flexibility index (Phi) is 3.00. The Bertz CT molecular complexity index is 457. The van der Waals surface area contributed by atoms with Gasteiger partial charge in [-0.3, -0.25) is 0 Å². The summed E-state index contributed by atoms with van der Waals surface area (Å²) < 4.78 is 73.3. The third-order valence-corrected chi connectivity index (χ3v) is 2.60. The maximum atomic E-state index is 13.0. The van der Waals surface area contributed by atoms with Crippen molar-refractivity contribution in [2.75, 3.05) is 0 Å². The lowest BCUT2D eigenvalue weighted by Gasteiger charge is -2.13. The van der Waals surface area contributed by atoms with Crippen LogP contribution in [0.3, 0.4) is 0 Å². The minimum absolute atomic E-state index is 0.520.